The van der Waals surface area contributed by atoms with Gasteiger partial charge in [-0.15, -0.1) is 24.8 Å². The van der Waals surface area contributed by atoms with E-state index in [1.165, 1.54) is 0 Å². The number of nitrogens with two attached hydrogens (primary N) is 1. The Hall–Kier alpha value is -1.62. The SMILES string of the molecule is Cl.Cl.NCCc1c(-c2ccccc2)nc2ncccn12. The summed E-state index contributed by atoms with van der Waals surface area (Å²) >= 11 is 0. The Morgan fingerprint density at radius 3 is 2.50 bits per heavy atom. The van der Waals surface area contributed by atoms with E-state index in [2.05, 4.69) is 22.1 Å². The molecule has 2 heterocycles. The topological polar surface area (TPSA) is 56.2 Å². The fourth-order valence-corrected chi connectivity index (χ4v) is 2.14. The molecule has 106 valence electrons. The molecule has 0 radical (unpaired) electrons. The molecule has 0 aliphatic carbocycles. The lowest BCUT2D eigenvalue weighted by atomic mass is 10.1. The van der Waals surface area contributed by atoms with Crippen LogP contribution in [0.3, 0.4) is 0 Å². The van der Waals surface area contributed by atoms with Crippen LogP contribution in [-0.4, -0.2) is 20.9 Å². The molecule has 0 atom stereocenters. The van der Waals surface area contributed by atoms with E-state index < -0.39 is 0 Å². The van der Waals surface area contributed by atoms with Gasteiger partial charge in [-0.3, -0.25) is 4.40 Å². The molecule has 4 nitrogen and oxygen atoms in total. The lowest BCUT2D eigenvalue weighted by Gasteiger charge is -2.02. The fraction of sp³-hybridized carbons (Fsp3) is 0.143. The van der Waals surface area contributed by atoms with Crippen molar-refractivity contribution in [1.29, 1.82) is 0 Å². The Bertz CT molecular complexity index is 667. The number of benzene rings is 1. The summed E-state index contributed by atoms with van der Waals surface area (Å²) in [6, 6.07) is 12.0. The average molecular weight is 311 g/mol. The van der Waals surface area contributed by atoms with Crippen LogP contribution < -0.4 is 5.73 Å². The molecule has 0 fully saturated rings. The molecule has 0 unspecified atom stereocenters. The number of hydrogen-bond donors (Lipinski definition) is 1. The van der Waals surface area contributed by atoms with Gasteiger partial charge in [0.05, 0.1) is 11.4 Å². The first-order valence-electron chi connectivity index (χ1n) is 5.97. The maximum Gasteiger partial charge on any atom is 0.234 e. The number of nitrogens with zero attached hydrogens (tertiary/aromatic N) is 3. The minimum absolute atomic E-state index is 0. The van der Waals surface area contributed by atoms with E-state index in [9.17, 15) is 0 Å². The Morgan fingerprint density at radius 1 is 1.05 bits per heavy atom. The van der Waals surface area contributed by atoms with E-state index in [0.29, 0.717) is 6.54 Å². The third kappa shape index (κ3) is 2.93. The van der Waals surface area contributed by atoms with Gasteiger partial charge in [0.2, 0.25) is 5.78 Å². The quantitative estimate of drug-likeness (QED) is 0.809. The first kappa shape index (κ1) is 16.4. The predicted molar refractivity (Wildman–Crippen MR) is 85.7 cm³/mol. The number of imidazole rings is 1. The van der Waals surface area contributed by atoms with Crippen LogP contribution in [-0.2, 0) is 6.42 Å². The molecule has 3 aromatic rings. The summed E-state index contributed by atoms with van der Waals surface area (Å²) in [5.74, 6) is 0.722. The molecule has 0 aliphatic rings. The first-order valence-corrected chi connectivity index (χ1v) is 5.97. The zero-order chi connectivity index (χ0) is 12.4. The second kappa shape index (κ2) is 7.24. The third-order valence-corrected chi connectivity index (χ3v) is 2.93. The van der Waals surface area contributed by atoms with Gasteiger partial charge in [-0.05, 0) is 12.6 Å². The summed E-state index contributed by atoms with van der Waals surface area (Å²) in [7, 11) is 0. The normalized spacial score (nSPS) is 9.85. The Morgan fingerprint density at radius 2 is 1.80 bits per heavy atom. The van der Waals surface area contributed by atoms with Gasteiger partial charge in [0.15, 0.2) is 0 Å². The van der Waals surface area contributed by atoms with E-state index in [4.69, 9.17) is 5.73 Å². The van der Waals surface area contributed by atoms with E-state index in [0.717, 1.165) is 29.1 Å². The van der Waals surface area contributed by atoms with Gasteiger partial charge < -0.3 is 5.73 Å². The average Bonchev–Trinajstić information content (AvgIpc) is 2.80. The van der Waals surface area contributed by atoms with Crippen molar-refractivity contribution in [2.45, 2.75) is 6.42 Å². The number of halogens is 2. The number of hydrogen-bond acceptors (Lipinski definition) is 3. The van der Waals surface area contributed by atoms with Crippen molar-refractivity contribution in [3.8, 4) is 11.3 Å². The van der Waals surface area contributed by atoms with Crippen LogP contribution in [0.15, 0.2) is 48.8 Å². The van der Waals surface area contributed by atoms with Crippen molar-refractivity contribution < 1.29 is 0 Å². The van der Waals surface area contributed by atoms with Crippen molar-refractivity contribution in [3.63, 3.8) is 0 Å². The number of rotatable bonds is 3. The second-order valence-corrected chi connectivity index (χ2v) is 4.10. The third-order valence-electron chi connectivity index (χ3n) is 2.93. The van der Waals surface area contributed by atoms with E-state index in [1.807, 2.05) is 34.9 Å². The van der Waals surface area contributed by atoms with Crippen molar-refractivity contribution in [2.24, 2.45) is 5.73 Å². The zero-order valence-electron chi connectivity index (χ0n) is 10.8. The monoisotopic (exact) mass is 310 g/mol. The molecule has 0 saturated carbocycles. The summed E-state index contributed by atoms with van der Waals surface area (Å²) in [6.45, 7) is 0.600. The smallest absolute Gasteiger partial charge is 0.234 e. The molecule has 0 bridgehead atoms. The van der Waals surface area contributed by atoms with Gasteiger partial charge in [0.25, 0.3) is 0 Å². The van der Waals surface area contributed by atoms with Crippen LogP contribution >= 0.6 is 24.8 Å². The molecule has 2 N–H and O–H groups in total. The van der Waals surface area contributed by atoms with Crippen LogP contribution in [0.5, 0.6) is 0 Å². The molecular weight excluding hydrogens is 295 g/mol. The van der Waals surface area contributed by atoms with Crippen LogP contribution in [0.1, 0.15) is 5.69 Å². The van der Waals surface area contributed by atoms with Crippen LogP contribution in [0.2, 0.25) is 0 Å². The molecule has 2 aromatic heterocycles. The summed E-state index contributed by atoms with van der Waals surface area (Å²) in [6.07, 6.45) is 4.52. The maximum atomic E-state index is 5.70. The van der Waals surface area contributed by atoms with E-state index in [-0.39, 0.29) is 24.8 Å². The van der Waals surface area contributed by atoms with Gasteiger partial charge in [-0.1, -0.05) is 30.3 Å². The maximum absolute atomic E-state index is 5.70. The van der Waals surface area contributed by atoms with Gasteiger partial charge in [0.1, 0.15) is 0 Å². The predicted octanol–water partition coefficient (Wildman–Crippen LogP) is 2.74. The molecule has 0 saturated heterocycles. The Balaban J connectivity index is 0.000001000. The van der Waals surface area contributed by atoms with Gasteiger partial charge in [0, 0.05) is 24.4 Å². The van der Waals surface area contributed by atoms with Crippen molar-refractivity contribution in [2.75, 3.05) is 6.54 Å². The number of aromatic nitrogens is 3. The minimum Gasteiger partial charge on any atom is -0.330 e. The summed E-state index contributed by atoms with van der Waals surface area (Å²) in [5, 5.41) is 0. The highest BCUT2D eigenvalue weighted by molar-refractivity contribution is 5.85. The minimum atomic E-state index is 0. The lowest BCUT2D eigenvalue weighted by molar-refractivity contribution is 0.901. The van der Waals surface area contributed by atoms with Gasteiger partial charge >= 0.3 is 0 Å². The van der Waals surface area contributed by atoms with Crippen molar-refractivity contribution in [3.05, 3.63) is 54.5 Å². The first-order chi connectivity index (χ1) is 8.90. The zero-order valence-corrected chi connectivity index (χ0v) is 12.4. The highest BCUT2D eigenvalue weighted by atomic mass is 35.5. The Kier molecular flexibility index (Phi) is 5.95. The molecule has 0 aliphatic heterocycles. The van der Waals surface area contributed by atoms with Gasteiger partial charge in [-0.2, -0.15) is 0 Å². The molecule has 20 heavy (non-hydrogen) atoms. The Labute approximate surface area is 129 Å². The van der Waals surface area contributed by atoms with Crippen LogP contribution in [0.25, 0.3) is 17.0 Å². The summed E-state index contributed by atoms with van der Waals surface area (Å²) in [5.41, 5.74) is 8.89. The number of fused-ring (bicyclic) bond motifs is 1. The molecular formula is C14H16Cl2N4. The van der Waals surface area contributed by atoms with Gasteiger partial charge in [-0.25, -0.2) is 9.97 Å². The second-order valence-electron chi connectivity index (χ2n) is 4.10. The highest BCUT2D eigenvalue weighted by Gasteiger charge is 2.13. The van der Waals surface area contributed by atoms with E-state index in [1.54, 1.807) is 6.20 Å². The highest BCUT2D eigenvalue weighted by Crippen LogP contribution is 2.23. The van der Waals surface area contributed by atoms with Crippen LogP contribution in [0, 0.1) is 0 Å². The largest absolute Gasteiger partial charge is 0.330 e. The van der Waals surface area contributed by atoms with Crippen molar-refractivity contribution >= 4 is 30.6 Å². The molecule has 0 spiro atoms. The molecule has 6 heteroatoms. The van der Waals surface area contributed by atoms with Crippen LogP contribution in [0.4, 0.5) is 0 Å². The lowest BCUT2D eigenvalue weighted by Crippen LogP contribution is -2.06. The molecule has 1 aromatic carbocycles. The summed E-state index contributed by atoms with van der Waals surface area (Å²) < 4.78 is 2.01. The standard InChI is InChI=1S/C14H14N4.2ClH/c15-8-7-12-13(11-5-2-1-3-6-11)17-14-16-9-4-10-18(12)14;;/h1-6,9-10H,7-8,15H2;2*1H. The fourth-order valence-electron chi connectivity index (χ4n) is 2.14. The molecule has 0 amide bonds. The molecule has 3 rings (SSSR count). The van der Waals surface area contributed by atoms with E-state index >= 15 is 0 Å². The van der Waals surface area contributed by atoms with Crippen molar-refractivity contribution in [1.82, 2.24) is 14.4 Å². The summed E-state index contributed by atoms with van der Waals surface area (Å²) in [4.78, 5) is 8.88.